The van der Waals surface area contributed by atoms with Crippen molar-refractivity contribution in [2.45, 2.75) is 6.42 Å². The molecule has 13 rings (SSSR count). The van der Waals surface area contributed by atoms with Gasteiger partial charge in [-0.3, -0.25) is 4.57 Å². The van der Waals surface area contributed by atoms with E-state index < -0.39 is 0 Å². The van der Waals surface area contributed by atoms with Crippen LogP contribution in [-0.4, -0.2) is 24.1 Å². The number of hydrogen-bond donors (Lipinski definition) is 0. The fourth-order valence-corrected chi connectivity index (χ4v) is 10.1. The Kier molecular flexibility index (Phi) is 7.90. The van der Waals surface area contributed by atoms with Crippen LogP contribution in [0.3, 0.4) is 0 Å². The van der Waals surface area contributed by atoms with Gasteiger partial charge in [-0.1, -0.05) is 176 Å². The van der Waals surface area contributed by atoms with Gasteiger partial charge < -0.3 is 4.57 Å². The van der Waals surface area contributed by atoms with Crippen LogP contribution in [0.5, 0.6) is 0 Å². The first-order valence-electron chi connectivity index (χ1n) is 21.5. The molecule has 294 valence electrons. The molecule has 0 N–H and O–H groups in total. The van der Waals surface area contributed by atoms with Crippen LogP contribution in [-0.2, 0) is 6.42 Å². The molecular weight excluding hydrogens is 767 g/mol. The normalized spacial score (nSPS) is 12.1. The maximum absolute atomic E-state index is 5.20. The third-order valence-corrected chi connectivity index (χ3v) is 12.9. The van der Waals surface area contributed by atoms with Gasteiger partial charge in [-0.2, -0.15) is 9.97 Å². The van der Waals surface area contributed by atoms with Crippen molar-refractivity contribution in [2.75, 3.05) is 0 Å². The molecule has 1 aliphatic carbocycles. The van der Waals surface area contributed by atoms with E-state index in [0.717, 1.165) is 50.7 Å². The van der Waals surface area contributed by atoms with Gasteiger partial charge in [0, 0.05) is 38.4 Å². The number of benzene rings is 9. The van der Waals surface area contributed by atoms with Crippen LogP contribution in [0.1, 0.15) is 11.1 Å². The monoisotopic (exact) mass is 803 g/mol. The van der Waals surface area contributed by atoms with Crippen LogP contribution in [0, 0.1) is 0 Å². The molecule has 0 bridgehead atoms. The molecule has 12 aromatic rings. The predicted molar refractivity (Wildman–Crippen MR) is 258 cm³/mol. The molecule has 5 nitrogen and oxygen atoms in total. The SMILES string of the molecule is c1ccc(-c2nc(-c3ccccc3)nc(-n3c4ccccc4c4c5c6ccccc6n(-c6cccc(-c7cccc8c7Cc7c(-c9ccccc9)cccc7-8)c6)c5ccc43)n2)cc1. The fraction of sp³-hybridized carbons (Fsp3) is 0.0172. The molecule has 0 aliphatic heterocycles. The Morgan fingerprint density at radius 2 is 0.762 bits per heavy atom. The Labute approximate surface area is 363 Å². The molecule has 5 heteroatoms. The van der Waals surface area contributed by atoms with E-state index in [1.165, 1.54) is 60.7 Å². The number of rotatable bonds is 6. The van der Waals surface area contributed by atoms with Gasteiger partial charge in [-0.15, -0.1) is 0 Å². The van der Waals surface area contributed by atoms with E-state index in [9.17, 15) is 0 Å². The van der Waals surface area contributed by atoms with Crippen molar-refractivity contribution < 1.29 is 0 Å². The van der Waals surface area contributed by atoms with Crippen LogP contribution in [0.2, 0.25) is 0 Å². The second kappa shape index (κ2) is 14.1. The van der Waals surface area contributed by atoms with Gasteiger partial charge in [-0.05, 0) is 87.3 Å². The summed E-state index contributed by atoms with van der Waals surface area (Å²) in [7, 11) is 0. The second-order valence-electron chi connectivity index (χ2n) is 16.3. The van der Waals surface area contributed by atoms with Gasteiger partial charge in [0.1, 0.15) is 0 Å². The Hall–Kier alpha value is -8.41. The highest BCUT2D eigenvalue weighted by atomic mass is 15.2. The Morgan fingerprint density at radius 3 is 1.35 bits per heavy atom. The van der Waals surface area contributed by atoms with Crippen molar-refractivity contribution in [1.82, 2.24) is 24.1 Å². The topological polar surface area (TPSA) is 48.5 Å². The number of fused-ring (bicyclic) bond motifs is 10. The standard InChI is InChI=1S/C58H37N5/c1-4-17-37(18-5-1)42-27-15-29-44-45-30-16-28-43(49(45)36-48(42)44)40-23-14-24-41(35-40)62-50-31-12-10-25-46(50)54-52(62)33-34-53-55(54)47-26-11-13-32-51(47)63(53)58-60-56(38-19-6-2-7-20-38)59-57(61-58)39-21-8-3-9-22-39/h1-35H,36H2. The first kappa shape index (κ1) is 35.4. The number of para-hydroxylation sites is 2. The van der Waals surface area contributed by atoms with E-state index in [-0.39, 0.29) is 0 Å². The van der Waals surface area contributed by atoms with Crippen molar-refractivity contribution in [1.29, 1.82) is 0 Å². The summed E-state index contributed by atoms with van der Waals surface area (Å²) < 4.78 is 4.66. The first-order chi connectivity index (χ1) is 31.3. The van der Waals surface area contributed by atoms with E-state index in [0.29, 0.717) is 17.6 Å². The van der Waals surface area contributed by atoms with E-state index in [2.05, 4.69) is 185 Å². The molecule has 9 aromatic carbocycles. The van der Waals surface area contributed by atoms with E-state index in [1.54, 1.807) is 0 Å². The zero-order chi connectivity index (χ0) is 41.4. The Balaban J connectivity index is 1.00. The second-order valence-corrected chi connectivity index (χ2v) is 16.3. The van der Waals surface area contributed by atoms with Crippen LogP contribution < -0.4 is 0 Å². The lowest BCUT2D eigenvalue weighted by Crippen LogP contribution is -2.06. The molecule has 0 fully saturated rings. The Morgan fingerprint density at radius 1 is 0.317 bits per heavy atom. The smallest absolute Gasteiger partial charge is 0.238 e. The van der Waals surface area contributed by atoms with Gasteiger partial charge in [0.25, 0.3) is 0 Å². The van der Waals surface area contributed by atoms with Crippen molar-refractivity contribution >= 4 is 43.6 Å². The molecule has 0 spiro atoms. The van der Waals surface area contributed by atoms with Crippen LogP contribution in [0.15, 0.2) is 212 Å². The van der Waals surface area contributed by atoms with Crippen molar-refractivity contribution in [3.8, 4) is 67.8 Å². The number of hydrogen-bond acceptors (Lipinski definition) is 3. The highest BCUT2D eigenvalue weighted by Crippen LogP contribution is 2.46. The predicted octanol–water partition coefficient (Wildman–Crippen LogP) is 14.3. The van der Waals surface area contributed by atoms with Gasteiger partial charge in [-0.25, -0.2) is 4.98 Å². The van der Waals surface area contributed by atoms with Crippen LogP contribution >= 0.6 is 0 Å². The highest BCUT2D eigenvalue weighted by molar-refractivity contribution is 6.28. The summed E-state index contributed by atoms with van der Waals surface area (Å²) in [5, 5.41) is 4.71. The summed E-state index contributed by atoms with van der Waals surface area (Å²) in [6, 6.07) is 75.8. The van der Waals surface area contributed by atoms with Crippen molar-refractivity contribution in [3.05, 3.63) is 223 Å². The van der Waals surface area contributed by atoms with Gasteiger partial charge in [0.2, 0.25) is 5.95 Å². The van der Waals surface area contributed by atoms with E-state index >= 15 is 0 Å². The van der Waals surface area contributed by atoms with E-state index in [1.807, 2.05) is 36.4 Å². The molecular formula is C58H37N5. The molecule has 1 aliphatic rings. The third-order valence-electron chi connectivity index (χ3n) is 12.9. The number of aromatic nitrogens is 5. The van der Waals surface area contributed by atoms with Crippen LogP contribution in [0.25, 0.3) is 111 Å². The summed E-state index contributed by atoms with van der Waals surface area (Å²) in [4.78, 5) is 15.4. The zero-order valence-corrected chi connectivity index (χ0v) is 34.2. The highest BCUT2D eigenvalue weighted by Gasteiger charge is 2.26. The summed E-state index contributed by atoms with van der Waals surface area (Å²) >= 11 is 0. The lowest BCUT2D eigenvalue weighted by atomic mass is 9.95. The van der Waals surface area contributed by atoms with Crippen LogP contribution in [0.4, 0.5) is 0 Å². The van der Waals surface area contributed by atoms with Crippen molar-refractivity contribution in [3.63, 3.8) is 0 Å². The third kappa shape index (κ3) is 5.53. The molecule has 0 amide bonds. The van der Waals surface area contributed by atoms with Gasteiger partial charge >= 0.3 is 0 Å². The minimum absolute atomic E-state index is 0.582. The molecule has 3 heterocycles. The maximum Gasteiger partial charge on any atom is 0.238 e. The van der Waals surface area contributed by atoms with Gasteiger partial charge in [0.05, 0.1) is 22.1 Å². The molecule has 3 aromatic heterocycles. The lowest BCUT2D eigenvalue weighted by molar-refractivity contribution is 0.953. The Bertz CT molecular complexity index is 3700. The van der Waals surface area contributed by atoms with Crippen molar-refractivity contribution in [2.24, 2.45) is 0 Å². The average molecular weight is 804 g/mol. The summed E-state index contributed by atoms with van der Waals surface area (Å²) in [6.07, 6.45) is 0.897. The molecule has 0 saturated heterocycles. The molecule has 0 atom stereocenters. The fourth-order valence-electron chi connectivity index (χ4n) is 10.1. The molecule has 0 saturated carbocycles. The van der Waals surface area contributed by atoms with Gasteiger partial charge in [0.15, 0.2) is 11.6 Å². The maximum atomic E-state index is 5.20. The summed E-state index contributed by atoms with van der Waals surface area (Å²) in [5.41, 5.74) is 17.9. The average Bonchev–Trinajstić information content (AvgIpc) is 4.03. The first-order valence-corrected chi connectivity index (χ1v) is 21.5. The molecule has 0 radical (unpaired) electrons. The number of nitrogens with zero attached hydrogens (tertiary/aromatic N) is 5. The largest absolute Gasteiger partial charge is 0.309 e. The van der Waals surface area contributed by atoms with E-state index in [4.69, 9.17) is 15.0 Å². The minimum Gasteiger partial charge on any atom is -0.309 e. The summed E-state index contributed by atoms with van der Waals surface area (Å²) in [5.74, 6) is 1.85. The lowest BCUT2D eigenvalue weighted by Gasteiger charge is -2.13. The molecule has 0 unspecified atom stereocenters. The zero-order valence-electron chi connectivity index (χ0n) is 34.2. The summed E-state index contributed by atoms with van der Waals surface area (Å²) in [6.45, 7) is 0. The molecule has 63 heavy (non-hydrogen) atoms. The minimum atomic E-state index is 0.582. The quantitative estimate of drug-likeness (QED) is 0.168.